The summed E-state index contributed by atoms with van der Waals surface area (Å²) in [5, 5.41) is 3.17. The van der Waals surface area contributed by atoms with Crippen LogP contribution in [0.3, 0.4) is 0 Å². The number of para-hydroxylation sites is 1. The number of amides is 2. The lowest BCUT2D eigenvalue weighted by atomic mass is 10.0. The van der Waals surface area contributed by atoms with E-state index in [1.165, 1.54) is 5.56 Å². The molecular formula is C24H31N3O2. The second-order valence-electron chi connectivity index (χ2n) is 7.62. The summed E-state index contributed by atoms with van der Waals surface area (Å²) in [5.74, 6) is 0.0419. The van der Waals surface area contributed by atoms with Gasteiger partial charge in [-0.15, -0.1) is 0 Å². The van der Waals surface area contributed by atoms with Crippen LogP contribution in [0.1, 0.15) is 53.0 Å². The lowest BCUT2D eigenvalue weighted by Crippen LogP contribution is -2.45. The largest absolute Gasteiger partial charge is 0.371 e. The first-order valence-electron chi connectivity index (χ1n) is 10.5. The number of piperidine rings is 1. The molecule has 0 unspecified atom stereocenters. The lowest BCUT2D eigenvalue weighted by Gasteiger charge is -2.35. The van der Waals surface area contributed by atoms with Crippen molar-refractivity contribution in [2.45, 2.75) is 39.2 Å². The van der Waals surface area contributed by atoms with Crippen molar-refractivity contribution in [2.75, 3.05) is 31.6 Å². The first kappa shape index (κ1) is 20.9. The molecule has 2 amide bonds. The Bertz CT molecular complexity index is 839. The van der Waals surface area contributed by atoms with Crippen LogP contribution in [0.25, 0.3) is 0 Å². The Kier molecular flexibility index (Phi) is 6.91. The topological polar surface area (TPSA) is 52.7 Å². The highest BCUT2D eigenvalue weighted by Crippen LogP contribution is 2.25. The molecule has 0 saturated carbocycles. The van der Waals surface area contributed by atoms with Crippen LogP contribution < -0.4 is 10.2 Å². The van der Waals surface area contributed by atoms with Crippen molar-refractivity contribution in [2.24, 2.45) is 0 Å². The molecule has 1 saturated heterocycles. The fraction of sp³-hybridized carbons (Fsp3) is 0.417. The van der Waals surface area contributed by atoms with Crippen LogP contribution >= 0.6 is 0 Å². The third-order valence-electron chi connectivity index (χ3n) is 5.75. The van der Waals surface area contributed by atoms with Gasteiger partial charge in [0.1, 0.15) is 0 Å². The first-order valence-corrected chi connectivity index (χ1v) is 10.5. The standard InChI is InChI=1S/C24H31N3O2/c1-4-18-10-12-19(13-11-18)23(28)25-20-14-16-27(17-15-20)22-9-7-6-8-21(22)24(29)26(3)5-2/h6-13,20H,4-5,14-17H2,1-3H3,(H,25,28). The number of benzene rings is 2. The van der Waals surface area contributed by atoms with E-state index < -0.39 is 0 Å². The van der Waals surface area contributed by atoms with Gasteiger partial charge in [-0.3, -0.25) is 9.59 Å². The Hall–Kier alpha value is -2.82. The fourth-order valence-corrected chi connectivity index (χ4v) is 3.70. The van der Waals surface area contributed by atoms with Crippen LogP contribution in [0, 0.1) is 0 Å². The fourth-order valence-electron chi connectivity index (χ4n) is 3.70. The van der Waals surface area contributed by atoms with Crippen LogP contribution in [0.4, 0.5) is 5.69 Å². The number of hydrogen-bond donors (Lipinski definition) is 1. The van der Waals surface area contributed by atoms with E-state index in [0.29, 0.717) is 12.1 Å². The van der Waals surface area contributed by atoms with Gasteiger partial charge in [-0.05, 0) is 56.0 Å². The van der Waals surface area contributed by atoms with Gasteiger partial charge in [-0.25, -0.2) is 0 Å². The molecule has 5 nitrogen and oxygen atoms in total. The molecule has 154 valence electrons. The van der Waals surface area contributed by atoms with E-state index in [9.17, 15) is 9.59 Å². The molecule has 1 aliphatic heterocycles. The smallest absolute Gasteiger partial charge is 0.255 e. The van der Waals surface area contributed by atoms with Crippen LogP contribution in [-0.2, 0) is 6.42 Å². The highest BCUT2D eigenvalue weighted by molar-refractivity contribution is 5.99. The van der Waals surface area contributed by atoms with Crippen molar-refractivity contribution in [3.8, 4) is 0 Å². The maximum absolute atomic E-state index is 12.7. The Morgan fingerprint density at radius 2 is 1.69 bits per heavy atom. The molecular weight excluding hydrogens is 362 g/mol. The third kappa shape index (κ3) is 4.97. The molecule has 3 rings (SSSR count). The number of anilines is 1. The van der Waals surface area contributed by atoms with Gasteiger partial charge in [0.25, 0.3) is 11.8 Å². The summed E-state index contributed by atoms with van der Waals surface area (Å²) in [5.41, 5.74) is 3.67. The van der Waals surface area contributed by atoms with Crippen LogP contribution in [0.15, 0.2) is 48.5 Å². The first-order chi connectivity index (χ1) is 14.0. The minimum Gasteiger partial charge on any atom is -0.371 e. The number of nitrogens with one attached hydrogen (secondary N) is 1. The molecule has 1 heterocycles. The third-order valence-corrected chi connectivity index (χ3v) is 5.75. The van der Waals surface area contributed by atoms with Gasteiger partial charge >= 0.3 is 0 Å². The molecule has 29 heavy (non-hydrogen) atoms. The number of aryl methyl sites for hydroxylation is 1. The summed E-state index contributed by atoms with van der Waals surface area (Å²) >= 11 is 0. The maximum Gasteiger partial charge on any atom is 0.255 e. The minimum atomic E-state index is -0.00810. The molecule has 0 spiro atoms. The summed E-state index contributed by atoms with van der Waals surface area (Å²) < 4.78 is 0. The summed E-state index contributed by atoms with van der Waals surface area (Å²) in [7, 11) is 1.83. The zero-order chi connectivity index (χ0) is 20.8. The van der Waals surface area contributed by atoms with Crippen LogP contribution in [0.5, 0.6) is 0 Å². The average molecular weight is 394 g/mol. The normalized spacial score (nSPS) is 14.5. The SMILES string of the molecule is CCc1ccc(C(=O)NC2CCN(c3ccccc3C(=O)N(C)CC)CC2)cc1. The van der Waals surface area contributed by atoms with Gasteiger partial charge in [0.05, 0.1) is 5.56 Å². The van der Waals surface area contributed by atoms with Crippen molar-refractivity contribution in [1.29, 1.82) is 0 Å². The van der Waals surface area contributed by atoms with Crippen molar-refractivity contribution >= 4 is 17.5 Å². The summed E-state index contributed by atoms with van der Waals surface area (Å²) in [6.45, 7) is 6.40. The van der Waals surface area contributed by atoms with Gasteiger partial charge in [0.15, 0.2) is 0 Å². The highest BCUT2D eigenvalue weighted by atomic mass is 16.2. The van der Waals surface area contributed by atoms with E-state index in [1.54, 1.807) is 4.90 Å². The molecule has 2 aromatic rings. The Morgan fingerprint density at radius 1 is 1.03 bits per heavy atom. The van der Waals surface area contributed by atoms with Gasteiger partial charge in [0.2, 0.25) is 0 Å². The second-order valence-corrected chi connectivity index (χ2v) is 7.62. The van der Waals surface area contributed by atoms with Crippen molar-refractivity contribution in [1.82, 2.24) is 10.2 Å². The van der Waals surface area contributed by atoms with Gasteiger partial charge < -0.3 is 15.1 Å². The minimum absolute atomic E-state index is 0.00810. The molecule has 0 radical (unpaired) electrons. The Morgan fingerprint density at radius 3 is 2.31 bits per heavy atom. The van der Waals surface area contributed by atoms with Crippen molar-refractivity contribution < 1.29 is 9.59 Å². The highest BCUT2D eigenvalue weighted by Gasteiger charge is 2.24. The van der Waals surface area contributed by atoms with E-state index in [2.05, 4.69) is 17.1 Å². The number of carbonyl (C=O) groups excluding carboxylic acids is 2. The van der Waals surface area contributed by atoms with Gasteiger partial charge in [-0.1, -0.05) is 31.2 Å². The van der Waals surface area contributed by atoms with E-state index in [-0.39, 0.29) is 17.9 Å². The molecule has 1 aliphatic rings. The van der Waals surface area contributed by atoms with Crippen LogP contribution in [0.2, 0.25) is 0 Å². The Labute approximate surface area is 173 Å². The van der Waals surface area contributed by atoms with Crippen LogP contribution in [-0.4, -0.2) is 49.4 Å². The van der Waals surface area contributed by atoms with Crippen molar-refractivity contribution in [3.05, 3.63) is 65.2 Å². The zero-order valence-corrected chi connectivity index (χ0v) is 17.6. The molecule has 5 heteroatoms. The summed E-state index contributed by atoms with van der Waals surface area (Å²) in [6, 6.07) is 15.8. The monoisotopic (exact) mass is 393 g/mol. The molecule has 1 N–H and O–H groups in total. The number of nitrogens with zero attached hydrogens (tertiary/aromatic N) is 2. The predicted molar refractivity (Wildman–Crippen MR) is 118 cm³/mol. The maximum atomic E-state index is 12.7. The summed E-state index contributed by atoms with van der Waals surface area (Å²) in [6.07, 6.45) is 2.70. The Balaban J connectivity index is 1.61. The molecule has 0 atom stereocenters. The lowest BCUT2D eigenvalue weighted by molar-refractivity contribution is 0.0802. The second kappa shape index (κ2) is 9.59. The molecule has 2 aromatic carbocycles. The summed E-state index contributed by atoms with van der Waals surface area (Å²) in [4.78, 5) is 29.2. The molecule has 0 bridgehead atoms. The number of carbonyl (C=O) groups is 2. The van der Waals surface area contributed by atoms with Gasteiger partial charge in [-0.2, -0.15) is 0 Å². The predicted octanol–water partition coefficient (Wildman–Crippen LogP) is 3.74. The molecule has 1 fully saturated rings. The van der Waals surface area contributed by atoms with Gasteiger partial charge in [0, 0.05) is 44.0 Å². The van der Waals surface area contributed by atoms with E-state index >= 15 is 0 Å². The quantitative estimate of drug-likeness (QED) is 0.813. The van der Waals surface area contributed by atoms with E-state index in [1.807, 2.05) is 62.5 Å². The molecule has 0 aliphatic carbocycles. The number of rotatable bonds is 6. The van der Waals surface area contributed by atoms with Crippen molar-refractivity contribution in [3.63, 3.8) is 0 Å². The molecule has 0 aromatic heterocycles. The zero-order valence-electron chi connectivity index (χ0n) is 17.6. The number of hydrogen-bond acceptors (Lipinski definition) is 3. The van der Waals surface area contributed by atoms with E-state index in [4.69, 9.17) is 0 Å². The average Bonchev–Trinajstić information content (AvgIpc) is 2.78. The van der Waals surface area contributed by atoms with E-state index in [0.717, 1.165) is 43.6 Å².